The van der Waals surface area contributed by atoms with Gasteiger partial charge in [-0.3, -0.25) is 14.9 Å². The molecule has 0 bridgehead atoms. The Morgan fingerprint density at radius 3 is 2.42 bits per heavy atom. The first-order valence-electron chi connectivity index (χ1n) is 8.20. The average molecular weight is 333 g/mol. The third-order valence-corrected chi connectivity index (χ3v) is 3.77. The standard InChI is InChI=1S/C17H23N3O4/c1-2-18-17(23)20-15(21)11-24-14-9-7-12(8-10-14)16(22)19-13-5-3-4-6-13/h7-10,13H,2-6,11H2,1H3,(H,19,22)(H2,18,20,21,23). The summed E-state index contributed by atoms with van der Waals surface area (Å²) in [4.78, 5) is 34.8. The van der Waals surface area contributed by atoms with Gasteiger partial charge in [0.15, 0.2) is 6.61 Å². The molecule has 0 atom stereocenters. The summed E-state index contributed by atoms with van der Waals surface area (Å²) in [5.74, 6) is -0.176. The normalized spacial score (nSPS) is 14.0. The molecular weight excluding hydrogens is 310 g/mol. The van der Waals surface area contributed by atoms with Crippen LogP contribution in [0, 0.1) is 0 Å². The van der Waals surface area contributed by atoms with Crippen LogP contribution >= 0.6 is 0 Å². The summed E-state index contributed by atoms with van der Waals surface area (Å²) < 4.78 is 5.29. The van der Waals surface area contributed by atoms with Gasteiger partial charge in [0.05, 0.1) is 0 Å². The number of rotatable bonds is 6. The van der Waals surface area contributed by atoms with Crippen LogP contribution in [0.3, 0.4) is 0 Å². The Balaban J connectivity index is 1.78. The largest absolute Gasteiger partial charge is 0.484 e. The first-order chi connectivity index (χ1) is 11.6. The predicted octanol–water partition coefficient (Wildman–Crippen LogP) is 1.58. The summed E-state index contributed by atoms with van der Waals surface area (Å²) >= 11 is 0. The van der Waals surface area contributed by atoms with Crippen molar-refractivity contribution in [1.82, 2.24) is 16.0 Å². The SMILES string of the molecule is CCNC(=O)NC(=O)COc1ccc(C(=O)NC2CCCC2)cc1. The maximum Gasteiger partial charge on any atom is 0.321 e. The van der Waals surface area contributed by atoms with Gasteiger partial charge < -0.3 is 15.4 Å². The molecule has 0 aliphatic heterocycles. The van der Waals surface area contributed by atoms with E-state index >= 15 is 0 Å². The summed E-state index contributed by atoms with van der Waals surface area (Å²) in [6.07, 6.45) is 4.40. The first-order valence-corrected chi connectivity index (χ1v) is 8.20. The van der Waals surface area contributed by atoms with Crippen LogP contribution < -0.4 is 20.7 Å². The van der Waals surface area contributed by atoms with E-state index in [0.717, 1.165) is 25.7 Å². The molecule has 0 aromatic heterocycles. The van der Waals surface area contributed by atoms with Crippen LogP contribution in [-0.2, 0) is 4.79 Å². The van der Waals surface area contributed by atoms with Crippen LogP contribution in [0.4, 0.5) is 4.79 Å². The molecule has 1 aliphatic rings. The molecular formula is C17H23N3O4. The minimum Gasteiger partial charge on any atom is -0.484 e. The van der Waals surface area contributed by atoms with Crippen molar-refractivity contribution >= 4 is 17.8 Å². The average Bonchev–Trinajstić information content (AvgIpc) is 3.06. The highest BCUT2D eigenvalue weighted by Crippen LogP contribution is 2.18. The number of ether oxygens (including phenoxy) is 1. The molecule has 24 heavy (non-hydrogen) atoms. The van der Waals surface area contributed by atoms with Crippen LogP contribution in [0.2, 0.25) is 0 Å². The minimum absolute atomic E-state index is 0.0950. The fraction of sp³-hybridized carbons (Fsp3) is 0.471. The third-order valence-electron chi connectivity index (χ3n) is 3.77. The van der Waals surface area contributed by atoms with Gasteiger partial charge in [0.25, 0.3) is 11.8 Å². The number of carbonyl (C=O) groups excluding carboxylic acids is 3. The summed E-state index contributed by atoms with van der Waals surface area (Å²) in [5, 5.41) is 7.61. The molecule has 2 rings (SSSR count). The van der Waals surface area contributed by atoms with E-state index in [1.54, 1.807) is 31.2 Å². The van der Waals surface area contributed by atoms with Crippen molar-refractivity contribution in [2.24, 2.45) is 0 Å². The van der Waals surface area contributed by atoms with Crippen molar-refractivity contribution in [2.45, 2.75) is 38.6 Å². The number of benzene rings is 1. The molecule has 3 N–H and O–H groups in total. The fourth-order valence-corrected chi connectivity index (χ4v) is 2.56. The molecule has 0 saturated heterocycles. The van der Waals surface area contributed by atoms with Gasteiger partial charge in [-0.15, -0.1) is 0 Å². The molecule has 4 amide bonds. The zero-order valence-corrected chi connectivity index (χ0v) is 13.8. The highest BCUT2D eigenvalue weighted by molar-refractivity contribution is 5.95. The molecule has 1 fully saturated rings. The van der Waals surface area contributed by atoms with Gasteiger partial charge in [0, 0.05) is 18.2 Å². The van der Waals surface area contributed by atoms with Crippen molar-refractivity contribution in [3.05, 3.63) is 29.8 Å². The molecule has 1 aliphatic carbocycles. The van der Waals surface area contributed by atoms with Gasteiger partial charge in [-0.05, 0) is 44.0 Å². The number of nitrogens with one attached hydrogen (secondary N) is 3. The van der Waals surface area contributed by atoms with Gasteiger partial charge in [-0.1, -0.05) is 12.8 Å². The van der Waals surface area contributed by atoms with E-state index in [1.165, 1.54) is 0 Å². The lowest BCUT2D eigenvalue weighted by Crippen LogP contribution is -2.41. The van der Waals surface area contributed by atoms with Crippen molar-refractivity contribution in [3.63, 3.8) is 0 Å². The Kier molecular flexibility index (Phi) is 6.60. The monoisotopic (exact) mass is 333 g/mol. The zero-order chi connectivity index (χ0) is 17.4. The fourth-order valence-electron chi connectivity index (χ4n) is 2.56. The molecule has 7 nitrogen and oxygen atoms in total. The molecule has 0 unspecified atom stereocenters. The molecule has 1 aromatic carbocycles. The number of hydrogen-bond donors (Lipinski definition) is 3. The predicted molar refractivity (Wildman–Crippen MR) is 88.9 cm³/mol. The van der Waals surface area contributed by atoms with Gasteiger partial charge in [-0.2, -0.15) is 0 Å². The number of imide groups is 1. The second kappa shape index (κ2) is 8.90. The number of urea groups is 1. The van der Waals surface area contributed by atoms with Gasteiger partial charge >= 0.3 is 6.03 Å². The van der Waals surface area contributed by atoms with Crippen molar-refractivity contribution in [3.8, 4) is 5.75 Å². The second-order valence-corrected chi connectivity index (χ2v) is 5.68. The van der Waals surface area contributed by atoms with E-state index < -0.39 is 11.9 Å². The van der Waals surface area contributed by atoms with Crippen LogP contribution in [0.15, 0.2) is 24.3 Å². The van der Waals surface area contributed by atoms with Crippen molar-refractivity contribution < 1.29 is 19.1 Å². The quantitative estimate of drug-likeness (QED) is 0.736. The summed E-state index contributed by atoms with van der Waals surface area (Å²) in [5.41, 5.74) is 0.557. The third kappa shape index (κ3) is 5.57. The van der Waals surface area contributed by atoms with Crippen LogP contribution in [0.1, 0.15) is 43.0 Å². The Hall–Kier alpha value is -2.57. The summed E-state index contributed by atoms with van der Waals surface area (Å²) in [6, 6.07) is 6.28. The van der Waals surface area contributed by atoms with E-state index in [1.807, 2.05) is 0 Å². The van der Waals surface area contributed by atoms with Gasteiger partial charge in [-0.25, -0.2) is 4.79 Å². The zero-order valence-electron chi connectivity index (χ0n) is 13.8. The lowest BCUT2D eigenvalue weighted by Gasteiger charge is -2.12. The lowest BCUT2D eigenvalue weighted by molar-refractivity contribution is -0.122. The van der Waals surface area contributed by atoms with E-state index in [-0.39, 0.29) is 18.6 Å². The van der Waals surface area contributed by atoms with Gasteiger partial charge in [0.2, 0.25) is 0 Å². The Morgan fingerprint density at radius 1 is 1.12 bits per heavy atom. The molecule has 0 heterocycles. The maximum absolute atomic E-state index is 12.1. The molecule has 130 valence electrons. The first kappa shape index (κ1) is 17.8. The van der Waals surface area contributed by atoms with E-state index in [2.05, 4.69) is 16.0 Å². The highest BCUT2D eigenvalue weighted by atomic mass is 16.5. The minimum atomic E-state index is -0.551. The van der Waals surface area contributed by atoms with Crippen LogP contribution in [0.25, 0.3) is 0 Å². The second-order valence-electron chi connectivity index (χ2n) is 5.68. The van der Waals surface area contributed by atoms with Crippen LogP contribution in [0.5, 0.6) is 5.75 Å². The van der Waals surface area contributed by atoms with Crippen molar-refractivity contribution in [2.75, 3.05) is 13.2 Å². The maximum atomic E-state index is 12.1. The summed E-state index contributed by atoms with van der Waals surface area (Å²) in [7, 11) is 0. The Labute approximate surface area is 141 Å². The smallest absolute Gasteiger partial charge is 0.321 e. The molecule has 0 spiro atoms. The van der Waals surface area contributed by atoms with Gasteiger partial charge in [0.1, 0.15) is 5.75 Å². The number of amides is 4. The summed E-state index contributed by atoms with van der Waals surface area (Å²) in [6.45, 7) is 1.92. The Morgan fingerprint density at radius 2 is 1.79 bits per heavy atom. The number of carbonyl (C=O) groups is 3. The highest BCUT2D eigenvalue weighted by Gasteiger charge is 2.17. The van der Waals surface area contributed by atoms with Crippen LogP contribution in [-0.4, -0.2) is 37.0 Å². The van der Waals surface area contributed by atoms with E-state index in [9.17, 15) is 14.4 Å². The number of hydrogen-bond acceptors (Lipinski definition) is 4. The van der Waals surface area contributed by atoms with Crippen molar-refractivity contribution in [1.29, 1.82) is 0 Å². The molecule has 0 radical (unpaired) electrons. The lowest BCUT2D eigenvalue weighted by atomic mass is 10.1. The van der Waals surface area contributed by atoms with E-state index in [4.69, 9.17) is 4.74 Å². The molecule has 1 saturated carbocycles. The molecule has 1 aromatic rings. The molecule has 7 heteroatoms. The van der Waals surface area contributed by atoms with E-state index in [0.29, 0.717) is 17.9 Å². The Bertz CT molecular complexity index is 580. The topological polar surface area (TPSA) is 96.5 Å².